The van der Waals surface area contributed by atoms with Crippen LogP contribution in [0.15, 0.2) is 0 Å². The molecule has 2 unspecified atom stereocenters. The van der Waals surface area contributed by atoms with Gasteiger partial charge < -0.3 is 15.2 Å². The number of ether oxygens (including phenoxy) is 1. The molecule has 5 nitrogen and oxygen atoms in total. The average molecular weight is 311 g/mol. The van der Waals surface area contributed by atoms with Gasteiger partial charge in [-0.2, -0.15) is 13.2 Å². The first-order valence-electron chi connectivity index (χ1n) is 6.93. The molecule has 0 aliphatic heterocycles. The zero-order chi connectivity index (χ0) is 15.9. The van der Waals surface area contributed by atoms with Crippen molar-refractivity contribution in [3.63, 3.8) is 0 Å². The van der Waals surface area contributed by atoms with E-state index < -0.39 is 30.6 Å². The van der Waals surface area contributed by atoms with E-state index in [4.69, 9.17) is 5.11 Å². The van der Waals surface area contributed by atoms with Gasteiger partial charge in [-0.25, -0.2) is 0 Å². The molecule has 21 heavy (non-hydrogen) atoms. The number of amides is 1. The third-order valence-corrected chi connectivity index (χ3v) is 3.53. The third kappa shape index (κ3) is 7.31. The highest BCUT2D eigenvalue weighted by molar-refractivity contribution is 5.76. The molecule has 0 heterocycles. The molecule has 0 aromatic rings. The lowest BCUT2D eigenvalue weighted by Crippen LogP contribution is -2.37. The second-order valence-corrected chi connectivity index (χ2v) is 5.21. The zero-order valence-corrected chi connectivity index (χ0v) is 11.6. The van der Waals surface area contributed by atoms with Gasteiger partial charge in [-0.3, -0.25) is 9.59 Å². The minimum atomic E-state index is -4.40. The first-order valence-corrected chi connectivity index (χ1v) is 6.93. The number of halogens is 3. The molecular weight excluding hydrogens is 291 g/mol. The Balaban J connectivity index is 2.21. The van der Waals surface area contributed by atoms with E-state index in [0.29, 0.717) is 6.42 Å². The second kappa shape index (κ2) is 8.21. The minimum absolute atomic E-state index is 0.115. The molecule has 1 saturated carbocycles. The molecule has 1 aliphatic carbocycles. The van der Waals surface area contributed by atoms with Crippen molar-refractivity contribution in [3.05, 3.63) is 0 Å². The molecule has 2 atom stereocenters. The van der Waals surface area contributed by atoms with Crippen molar-refractivity contribution in [3.8, 4) is 0 Å². The van der Waals surface area contributed by atoms with Crippen LogP contribution >= 0.6 is 0 Å². The van der Waals surface area contributed by atoms with E-state index in [-0.39, 0.29) is 25.5 Å². The normalized spacial score (nSPS) is 22.8. The van der Waals surface area contributed by atoms with Crippen LogP contribution in [0.25, 0.3) is 0 Å². The molecule has 1 amide bonds. The summed E-state index contributed by atoms with van der Waals surface area (Å²) in [6.07, 6.45) is -1.42. The van der Waals surface area contributed by atoms with E-state index in [1.54, 1.807) is 0 Å². The van der Waals surface area contributed by atoms with Gasteiger partial charge in [0.2, 0.25) is 5.91 Å². The summed E-state index contributed by atoms with van der Waals surface area (Å²) in [6.45, 7) is -1.43. The number of carboxylic acids is 1. The van der Waals surface area contributed by atoms with Crippen molar-refractivity contribution in [2.45, 2.75) is 38.3 Å². The van der Waals surface area contributed by atoms with E-state index >= 15 is 0 Å². The molecule has 0 spiro atoms. The number of nitrogens with one attached hydrogen (secondary N) is 1. The zero-order valence-electron chi connectivity index (χ0n) is 11.6. The van der Waals surface area contributed by atoms with Gasteiger partial charge in [0.1, 0.15) is 6.61 Å². The molecule has 0 radical (unpaired) electrons. The molecule has 0 saturated heterocycles. The monoisotopic (exact) mass is 311 g/mol. The van der Waals surface area contributed by atoms with Crippen LogP contribution in [0, 0.1) is 11.8 Å². The fourth-order valence-corrected chi connectivity index (χ4v) is 2.46. The highest BCUT2D eigenvalue weighted by Gasteiger charge is 2.31. The standard InChI is InChI=1S/C13H20F3NO4/c14-13(15,16)8-21-6-5-11(18)17-7-9-3-1-2-4-10(9)12(19)20/h9-10H,1-8H2,(H,17,18)(H,19,20). The highest BCUT2D eigenvalue weighted by atomic mass is 19.4. The van der Waals surface area contributed by atoms with Crippen LogP contribution in [0.2, 0.25) is 0 Å². The Morgan fingerprint density at radius 3 is 2.52 bits per heavy atom. The lowest BCUT2D eigenvalue weighted by Gasteiger charge is -2.28. The van der Waals surface area contributed by atoms with Gasteiger partial charge in [-0.15, -0.1) is 0 Å². The van der Waals surface area contributed by atoms with Crippen LogP contribution in [-0.4, -0.2) is 42.9 Å². The molecule has 1 rings (SSSR count). The fourth-order valence-electron chi connectivity index (χ4n) is 2.46. The third-order valence-electron chi connectivity index (χ3n) is 3.53. The van der Waals surface area contributed by atoms with E-state index in [1.807, 2.05) is 0 Å². The quantitative estimate of drug-likeness (QED) is 0.705. The molecule has 0 aromatic heterocycles. The lowest BCUT2D eigenvalue weighted by molar-refractivity contribution is -0.174. The van der Waals surface area contributed by atoms with Gasteiger partial charge in [0, 0.05) is 13.0 Å². The Kier molecular flexibility index (Phi) is 6.94. The van der Waals surface area contributed by atoms with Crippen LogP contribution in [0.3, 0.4) is 0 Å². The summed E-state index contributed by atoms with van der Waals surface area (Å²) in [6, 6.07) is 0. The van der Waals surface area contributed by atoms with Gasteiger partial charge in [0.25, 0.3) is 0 Å². The molecule has 0 bridgehead atoms. The summed E-state index contributed by atoms with van der Waals surface area (Å²) < 4.78 is 39.8. The second-order valence-electron chi connectivity index (χ2n) is 5.21. The van der Waals surface area contributed by atoms with Crippen LogP contribution in [0.1, 0.15) is 32.1 Å². The van der Waals surface area contributed by atoms with Crippen molar-refractivity contribution in [2.75, 3.05) is 19.8 Å². The van der Waals surface area contributed by atoms with Gasteiger partial charge in [-0.1, -0.05) is 12.8 Å². The largest absolute Gasteiger partial charge is 0.481 e. The Bertz CT molecular complexity index is 360. The topological polar surface area (TPSA) is 75.6 Å². The maximum atomic E-state index is 11.8. The predicted molar refractivity (Wildman–Crippen MR) is 67.6 cm³/mol. The molecule has 122 valence electrons. The fraction of sp³-hybridized carbons (Fsp3) is 0.846. The number of rotatable bonds is 7. The van der Waals surface area contributed by atoms with Gasteiger partial charge in [-0.05, 0) is 18.8 Å². The highest BCUT2D eigenvalue weighted by Crippen LogP contribution is 2.29. The van der Waals surface area contributed by atoms with E-state index in [2.05, 4.69) is 10.1 Å². The van der Waals surface area contributed by atoms with Gasteiger partial charge >= 0.3 is 12.1 Å². The SMILES string of the molecule is O=C(CCOCC(F)(F)F)NCC1CCCCC1C(=O)O. The van der Waals surface area contributed by atoms with Crippen molar-refractivity contribution in [1.82, 2.24) is 5.32 Å². The summed E-state index contributed by atoms with van der Waals surface area (Å²) in [7, 11) is 0. The van der Waals surface area contributed by atoms with Crippen LogP contribution in [0.5, 0.6) is 0 Å². The summed E-state index contributed by atoms with van der Waals surface area (Å²) in [5, 5.41) is 11.7. The average Bonchev–Trinajstić information content (AvgIpc) is 2.40. The molecule has 2 N–H and O–H groups in total. The Morgan fingerprint density at radius 1 is 1.24 bits per heavy atom. The maximum Gasteiger partial charge on any atom is 0.411 e. The molecule has 1 fully saturated rings. The molecule has 0 aromatic carbocycles. The maximum absolute atomic E-state index is 11.8. The number of aliphatic carboxylic acids is 1. The summed E-state index contributed by atoms with van der Waals surface area (Å²) in [4.78, 5) is 22.5. The van der Waals surface area contributed by atoms with Crippen molar-refractivity contribution >= 4 is 11.9 Å². The Hall–Kier alpha value is -1.31. The van der Waals surface area contributed by atoms with Gasteiger partial charge in [0.15, 0.2) is 0 Å². The molecule has 8 heteroatoms. The predicted octanol–water partition coefficient (Wildman–Crippen LogP) is 1.96. The van der Waals surface area contributed by atoms with Crippen molar-refractivity contribution in [1.29, 1.82) is 0 Å². The molecular formula is C13H20F3NO4. The smallest absolute Gasteiger partial charge is 0.411 e. The number of hydrogen-bond acceptors (Lipinski definition) is 3. The van der Waals surface area contributed by atoms with E-state index in [0.717, 1.165) is 19.3 Å². The Morgan fingerprint density at radius 2 is 1.90 bits per heavy atom. The summed E-state index contributed by atoms with van der Waals surface area (Å²) in [5.41, 5.74) is 0. The van der Waals surface area contributed by atoms with Gasteiger partial charge in [0.05, 0.1) is 12.5 Å². The number of alkyl halides is 3. The summed E-state index contributed by atoms with van der Waals surface area (Å²) >= 11 is 0. The van der Waals surface area contributed by atoms with Crippen LogP contribution < -0.4 is 5.32 Å². The Labute approximate surface area is 120 Å². The molecule has 1 aliphatic rings. The lowest BCUT2D eigenvalue weighted by atomic mass is 9.79. The number of carbonyl (C=O) groups is 2. The first-order chi connectivity index (χ1) is 9.79. The van der Waals surface area contributed by atoms with E-state index in [9.17, 15) is 22.8 Å². The van der Waals surface area contributed by atoms with Crippen LogP contribution in [-0.2, 0) is 14.3 Å². The van der Waals surface area contributed by atoms with Crippen LogP contribution in [0.4, 0.5) is 13.2 Å². The number of carbonyl (C=O) groups excluding carboxylic acids is 1. The minimum Gasteiger partial charge on any atom is -0.481 e. The number of hydrogen-bond donors (Lipinski definition) is 2. The van der Waals surface area contributed by atoms with Crippen molar-refractivity contribution in [2.24, 2.45) is 11.8 Å². The van der Waals surface area contributed by atoms with Crippen molar-refractivity contribution < 1.29 is 32.6 Å². The van der Waals surface area contributed by atoms with E-state index in [1.165, 1.54) is 0 Å². The number of carboxylic acid groups (broad SMARTS) is 1. The summed E-state index contributed by atoms with van der Waals surface area (Å²) in [5.74, 6) is -1.86. The first kappa shape index (κ1) is 17.7.